The minimum absolute atomic E-state index is 0.0811. The maximum absolute atomic E-state index is 12.2. The fourth-order valence-electron chi connectivity index (χ4n) is 1.48. The molecule has 0 spiro atoms. The Hall–Kier alpha value is -1.79. The van der Waals surface area contributed by atoms with Crippen molar-refractivity contribution in [2.24, 2.45) is 0 Å². The van der Waals surface area contributed by atoms with E-state index in [2.05, 4.69) is 9.71 Å². The second kappa shape index (κ2) is 5.46. The molecule has 2 N–H and O–H groups in total. The zero-order valence-electron chi connectivity index (χ0n) is 10.1. The van der Waals surface area contributed by atoms with Crippen molar-refractivity contribution in [1.82, 2.24) is 0 Å². The number of anilines is 1. The number of halogens is 1. The van der Waals surface area contributed by atoms with Crippen LogP contribution in [-0.4, -0.2) is 15.5 Å². The summed E-state index contributed by atoms with van der Waals surface area (Å²) in [5.74, 6) is 0.309. The summed E-state index contributed by atoms with van der Waals surface area (Å²) >= 11 is 5.86. The molecule has 5 nitrogen and oxygen atoms in total. The largest absolute Gasteiger partial charge is 0.495 e. The first kappa shape index (κ1) is 13.6. The van der Waals surface area contributed by atoms with Gasteiger partial charge in [-0.25, -0.2) is 13.4 Å². The third-order valence-electron chi connectivity index (χ3n) is 2.39. The summed E-state index contributed by atoms with van der Waals surface area (Å²) in [7, 11) is -2.24. The monoisotopic (exact) mass is 299 g/mol. The van der Waals surface area contributed by atoms with E-state index in [-0.39, 0.29) is 4.90 Å². The fourth-order valence-corrected chi connectivity index (χ4v) is 2.74. The number of hydrogen-bond acceptors (Lipinski definition) is 3. The molecule has 1 aromatic carbocycles. The predicted molar refractivity (Wildman–Crippen MR) is 71.8 cm³/mol. The highest BCUT2D eigenvalue weighted by molar-refractivity contribution is 7.92. The number of aromatic nitrogens is 1. The molecule has 2 rings (SSSR count). The van der Waals surface area contributed by atoms with Crippen LogP contribution in [0.5, 0.6) is 5.75 Å². The Labute approximate surface area is 116 Å². The van der Waals surface area contributed by atoms with E-state index in [4.69, 9.17) is 16.3 Å². The fraction of sp³-hybridized carbons (Fsp3) is 0.0833. The molecular weight excluding hydrogens is 288 g/mol. The van der Waals surface area contributed by atoms with Crippen molar-refractivity contribution < 1.29 is 18.1 Å². The Morgan fingerprint density at radius 2 is 2.11 bits per heavy atom. The van der Waals surface area contributed by atoms with Crippen LogP contribution in [-0.2, 0) is 10.0 Å². The molecule has 0 aliphatic heterocycles. The summed E-state index contributed by atoms with van der Waals surface area (Å²) in [4.78, 5) is 2.88. The number of benzene rings is 1. The third kappa shape index (κ3) is 3.15. The molecule has 19 heavy (non-hydrogen) atoms. The van der Waals surface area contributed by atoms with Gasteiger partial charge in [0.05, 0.1) is 17.0 Å². The standard InChI is InChI=1S/C12H11ClN2O3S/c1-18-12-7-10(4-5-11(12)13)19(16,17)15-9-3-2-6-14-8-9/h2-8,15H,1H3/p+1. The molecule has 0 radical (unpaired) electrons. The number of aromatic amines is 1. The second-order valence-corrected chi connectivity index (χ2v) is 5.78. The summed E-state index contributed by atoms with van der Waals surface area (Å²) in [5, 5.41) is 0.356. The van der Waals surface area contributed by atoms with E-state index >= 15 is 0 Å². The number of rotatable bonds is 4. The Morgan fingerprint density at radius 3 is 2.74 bits per heavy atom. The average molecular weight is 300 g/mol. The molecule has 100 valence electrons. The quantitative estimate of drug-likeness (QED) is 0.938. The van der Waals surface area contributed by atoms with Gasteiger partial charge in [0.1, 0.15) is 11.4 Å². The van der Waals surface area contributed by atoms with Gasteiger partial charge in [0.2, 0.25) is 0 Å². The number of H-pyrrole nitrogens is 1. The molecule has 0 bridgehead atoms. The zero-order chi connectivity index (χ0) is 13.9. The first-order valence-electron chi connectivity index (χ1n) is 5.35. The molecular formula is C12H12ClN2O3S+. The summed E-state index contributed by atoms with van der Waals surface area (Å²) < 4.78 is 31.8. The van der Waals surface area contributed by atoms with Gasteiger partial charge in [-0.2, -0.15) is 0 Å². The lowest BCUT2D eigenvalue weighted by atomic mass is 10.3. The normalized spacial score (nSPS) is 11.1. The molecule has 0 fully saturated rings. The van der Waals surface area contributed by atoms with E-state index in [1.807, 2.05) is 0 Å². The van der Waals surface area contributed by atoms with Gasteiger partial charge in [-0.3, -0.25) is 4.72 Å². The average Bonchev–Trinajstić information content (AvgIpc) is 2.39. The molecule has 7 heteroatoms. The van der Waals surface area contributed by atoms with Crippen LogP contribution in [0.2, 0.25) is 5.02 Å². The van der Waals surface area contributed by atoms with Gasteiger partial charge >= 0.3 is 0 Å². The van der Waals surface area contributed by atoms with E-state index in [0.717, 1.165) is 0 Å². The van der Waals surface area contributed by atoms with Gasteiger partial charge in [-0.05, 0) is 18.2 Å². The number of nitrogens with one attached hydrogen (secondary N) is 2. The minimum atomic E-state index is -3.67. The van der Waals surface area contributed by atoms with Crippen molar-refractivity contribution in [1.29, 1.82) is 0 Å². The Kier molecular flexibility index (Phi) is 3.92. The number of sulfonamides is 1. The van der Waals surface area contributed by atoms with Crippen molar-refractivity contribution in [3.8, 4) is 5.75 Å². The molecule has 1 heterocycles. The van der Waals surface area contributed by atoms with Gasteiger partial charge in [-0.1, -0.05) is 11.6 Å². The highest BCUT2D eigenvalue weighted by atomic mass is 35.5. The summed E-state index contributed by atoms with van der Waals surface area (Å²) in [5.41, 5.74) is 0.441. The van der Waals surface area contributed by atoms with E-state index in [0.29, 0.717) is 16.5 Å². The molecule has 0 aliphatic rings. The first-order chi connectivity index (χ1) is 9.03. The van der Waals surface area contributed by atoms with Crippen LogP contribution in [0.1, 0.15) is 0 Å². The van der Waals surface area contributed by atoms with Crippen LogP contribution in [0.4, 0.5) is 5.69 Å². The number of pyridine rings is 1. The summed E-state index contributed by atoms with van der Waals surface area (Å²) in [6.45, 7) is 0. The van der Waals surface area contributed by atoms with Gasteiger partial charge < -0.3 is 4.74 Å². The van der Waals surface area contributed by atoms with Gasteiger partial charge in [-0.15, -0.1) is 0 Å². The number of ether oxygens (including phenoxy) is 1. The van der Waals surface area contributed by atoms with Crippen molar-refractivity contribution >= 4 is 27.3 Å². The molecule has 0 unspecified atom stereocenters. The molecule has 0 saturated carbocycles. The third-order valence-corrected chi connectivity index (χ3v) is 4.08. The molecule has 0 atom stereocenters. The second-order valence-electron chi connectivity index (χ2n) is 3.69. The lowest BCUT2D eigenvalue weighted by Crippen LogP contribution is -2.14. The van der Waals surface area contributed by atoms with Crippen LogP contribution in [0.15, 0.2) is 47.6 Å². The van der Waals surface area contributed by atoms with Gasteiger partial charge in [0, 0.05) is 12.1 Å². The highest BCUT2D eigenvalue weighted by Crippen LogP contribution is 2.27. The van der Waals surface area contributed by atoms with Crippen LogP contribution in [0, 0.1) is 0 Å². The molecule has 0 amide bonds. The molecule has 2 aromatic rings. The van der Waals surface area contributed by atoms with Crippen molar-refractivity contribution in [2.45, 2.75) is 4.90 Å². The zero-order valence-corrected chi connectivity index (χ0v) is 11.6. The van der Waals surface area contributed by atoms with Gasteiger partial charge in [0.15, 0.2) is 12.4 Å². The highest BCUT2D eigenvalue weighted by Gasteiger charge is 2.17. The van der Waals surface area contributed by atoms with E-state index in [9.17, 15) is 8.42 Å². The predicted octanol–water partition coefficient (Wildman–Crippen LogP) is 1.96. The first-order valence-corrected chi connectivity index (χ1v) is 7.21. The smallest absolute Gasteiger partial charge is 0.262 e. The van der Waals surface area contributed by atoms with Crippen molar-refractivity contribution in [3.63, 3.8) is 0 Å². The molecule has 0 saturated heterocycles. The van der Waals surface area contributed by atoms with E-state index < -0.39 is 10.0 Å². The molecule has 0 aliphatic carbocycles. The van der Waals surface area contributed by atoms with E-state index in [1.54, 1.807) is 24.5 Å². The Balaban J connectivity index is 2.35. The van der Waals surface area contributed by atoms with Gasteiger partial charge in [0.25, 0.3) is 10.0 Å². The maximum atomic E-state index is 12.2. The van der Waals surface area contributed by atoms with Crippen molar-refractivity contribution in [2.75, 3.05) is 11.8 Å². The van der Waals surface area contributed by atoms with Crippen LogP contribution < -0.4 is 14.4 Å². The topological polar surface area (TPSA) is 69.5 Å². The lowest BCUT2D eigenvalue weighted by Gasteiger charge is -2.08. The van der Waals surface area contributed by atoms with E-state index in [1.165, 1.54) is 25.3 Å². The van der Waals surface area contributed by atoms with Crippen LogP contribution in [0.25, 0.3) is 0 Å². The van der Waals surface area contributed by atoms with Crippen LogP contribution >= 0.6 is 11.6 Å². The Morgan fingerprint density at radius 1 is 1.32 bits per heavy atom. The summed E-state index contributed by atoms with van der Waals surface area (Å²) in [6, 6.07) is 7.60. The SMILES string of the molecule is COc1cc(S(=O)(=O)Nc2ccc[nH+]c2)ccc1Cl. The summed E-state index contributed by atoms with van der Waals surface area (Å²) in [6.07, 6.45) is 3.23. The molecule has 1 aromatic heterocycles. The van der Waals surface area contributed by atoms with Crippen molar-refractivity contribution in [3.05, 3.63) is 47.7 Å². The number of methoxy groups -OCH3 is 1. The maximum Gasteiger partial charge on any atom is 0.262 e. The Bertz CT molecular complexity index is 675. The number of hydrogen-bond donors (Lipinski definition) is 1. The van der Waals surface area contributed by atoms with Crippen LogP contribution in [0.3, 0.4) is 0 Å². The minimum Gasteiger partial charge on any atom is -0.495 e. The lowest BCUT2D eigenvalue weighted by molar-refractivity contribution is -0.376.